The fraction of sp³-hybridized carbons (Fsp3) is 0.571. The molecule has 1 aromatic carbocycles. The Morgan fingerprint density at radius 2 is 2.12 bits per heavy atom. The first kappa shape index (κ1) is 11.3. The van der Waals surface area contributed by atoms with Crippen molar-refractivity contribution in [1.82, 2.24) is 0 Å². The van der Waals surface area contributed by atoms with Gasteiger partial charge < -0.3 is 10.1 Å². The molecule has 0 spiro atoms. The lowest BCUT2D eigenvalue weighted by Crippen LogP contribution is -2.15. The number of benzene rings is 1. The van der Waals surface area contributed by atoms with E-state index < -0.39 is 0 Å². The van der Waals surface area contributed by atoms with Crippen molar-refractivity contribution in [1.29, 1.82) is 0 Å². The summed E-state index contributed by atoms with van der Waals surface area (Å²) in [6, 6.07) is 6.95. The maximum absolute atomic E-state index is 5.40. The molecule has 0 amide bonds. The molecule has 1 aliphatic rings. The van der Waals surface area contributed by atoms with Crippen LogP contribution in [0.15, 0.2) is 18.2 Å². The molecular formula is C14H21NO. The van der Waals surface area contributed by atoms with Crippen molar-refractivity contribution in [2.45, 2.75) is 39.2 Å². The second-order valence-electron chi connectivity index (χ2n) is 4.96. The number of ether oxygens (including phenoxy) is 1. The van der Waals surface area contributed by atoms with Gasteiger partial charge in [-0.2, -0.15) is 0 Å². The highest BCUT2D eigenvalue weighted by molar-refractivity contribution is 5.58. The quantitative estimate of drug-likeness (QED) is 0.838. The summed E-state index contributed by atoms with van der Waals surface area (Å²) >= 11 is 0. The molecule has 2 heteroatoms. The van der Waals surface area contributed by atoms with Gasteiger partial charge in [0.15, 0.2) is 0 Å². The summed E-state index contributed by atoms with van der Waals surface area (Å²) in [6.45, 7) is 4.41. The molecule has 2 rings (SSSR count). The van der Waals surface area contributed by atoms with Crippen LogP contribution in [-0.4, -0.2) is 13.2 Å². The van der Waals surface area contributed by atoms with Crippen LogP contribution in [0.3, 0.4) is 0 Å². The zero-order valence-corrected chi connectivity index (χ0v) is 10.4. The van der Waals surface area contributed by atoms with Crippen molar-refractivity contribution in [3.8, 4) is 5.75 Å². The van der Waals surface area contributed by atoms with Gasteiger partial charge in [-0.1, -0.05) is 13.0 Å². The van der Waals surface area contributed by atoms with E-state index in [-0.39, 0.29) is 0 Å². The van der Waals surface area contributed by atoms with Gasteiger partial charge in [0.2, 0.25) is 0 Å². The van der Waals surface area contributed by atoms with Crippen molar-refractivity contribution in [3.63, 3.8) is 0 Å². The van der Waals surface area contributed by atoms with Gasteiger partial charge in [0, 0.05) is 6.04 Å². The summed E-state index contributed by atoms with van der Waals surface area (Å²) in [5, 5.41) is 3.59. The molecule has 1 saturated carbocycles. The Kier molecular flexibility index (Phi) is 3.37. The third kappa shape index (κ3) is 2.49. The fourth-order valence-electron chi connectivity index (χ4n) is 2.48. The number of methoxy groups -OCH3 is 1. The Bertz CT molecular complexity index is 362. The molecule has 2 atom stereocenters. The molecule has 1 aliphatic carbocycles. The number of aryl methyl sites for hydroxylation is 1. The van der Waals surface area contributed by atoms with Crippen LogP contribution in [0.1, 0.15) is 31.7 Å². The van der Waals surface area contributed by atoms with Crippen LogP contribution in [0.4, 0.5) is 5.69 Å². The summed E-state index contributed by atoms with van der Waals surface area (Å²) in [6.07, 6.45) is 3.89. The lowest BCUT2D eigenvalue weighted by molar-refractivity contribution is 0.415. The molecule has 0 aliphatic heterocycles. The molecule has 1 aromatic rings. The molecule has 1 N–H and O–H groups in total. The van der Waals surface area contributed by atoms with Crippen LogP contribution in [0.2, 0.25) is 0 Å². The lowest BCUT2D eigenvalue weighted by atomic mass is 10.1. The Hall–Kier alpha value is -1.18. The van der Waals surface area contributed by atoms with Crippen molar-refractivity contribution in [3.05, 3.63) is 23.8 Å². The standard InChI is InChI=1S/C14H21NO/c1-10-4-6-12(8-10)15-13-7-5-11(2)9-14(13)16-3/h5,7,9-10,12,15H,4,6,8H2,1-3H3. The minimum absolute atomic E-state index is 0.617. The van der Waals surface area contributed by atoms with Crippen molar-refractivity contribution in [2.75, 3.05) is 12.4 Å². The smallest absolute Gasteiger partial charge is 0.142 e. The van der Waals surface area contributed by atoms with Gasteiger partial charge in [-0.05, 0) is 49.8 Å². The van der Waals surface area contributed by atoms with Crippen molar-refractivity contribution >= 4 is 5.69 Å². The number of nitrogens with one attached hydrogen (secondary N) is 1. The third-order valence-corrected chi connectivity index (χ3v) is 3.41. The van der Waals surface area contributed by atoms with Crippen LogP contribution >= 0.6 is 0 Å². The van der Waals surface area contributed by atoms with Crippen LogP contribution in [-0.2, 0) is 0 Å². The molecule has 2 unspecified atom stereocenters. The first-order valence-corrected chi connectivity index (χ1v) is 6.10. The minimum Gasteiger partial charge on any atom is -0.495 e. The monoisotopic (exact) mass is 219 g/mol. The molecule has 0 heterocycles. The molecular weight excluding hydrogens is 198 g/mol. The van der Waals surface area contributed by atoms with Gasteiger partial charge >= 0.3 is 0 Å². The summed E-state index contributed by atoms with van der Waals surface area (Å²) in [4.78, 5) is 0. The zero-order valence-electron chi connectivity index (χ0n) is 10.4. The van der Waals surface area contributed by atoms with Crippen LogP contribution < -0.4 is 10.1 Å². The van der Waals surface area contributed by atoms with Crippen LogP contribution in [0.25, 0.3) is 0 Å². The summed E-state index contributed by atoms with van der Waals surface area (Å²) in [5.74, 6) is 1.81. The molecule has 16 heavy (non-hydrogen) atoms. The normalized spacial score (nSPS) is 24.4. The van der Waals surface area contributed by atoms with Crippen LogP contribution in [0.5, 0.6) is 5.75 Å². The number of hydrogen-bond acceptors (Lipinski definition) is 2. The first-order valence-electron chi connectivity index (χ1n) is 6.10. The van der Waals surface area contributed by atoms with E-state index in [0.29, 0.717) is 6.04 Å². The number of anilines is 1. The van der Waals surface area contributed by atoms with Crippen molar-refractivity contribution in [2.24, 2.45) is 5.92 Å². The molecule has 0 bridgehead atoms. The van der Waals surface area contributed by atoms with Gasteiger partial charge in [0.1, 0.15) is 5.75 Å². The molecule has 0 saturated heterocycles. The van der Waals surface area contributed by atoms with E-state index >= 15 is 0 Å². The number of rotatable bonds is 3. The topological polar surface area (TPSA) is 21.3 Å². The van der Waals surface area contributed by atoms with Crippen molar-refractivity contribution < 1.29 is 4.74 Å². The molecule has 1 fully saturated rings. The summed E-state index contributed by atoms with van der Waals surface area (Å²) < 4.78 is 5.40. The lowest BCUT2D eigenvalue weighted by Gasteiger charge is -2.17. The maximum Gasteiger partial charge on any atom is 0.142 e. The molecule has 88 valence electrons. The Morgan fingerprint density at radius 1 is 1.31 bits per heavy atom. The van der Waals surface area contributed by atoms with E-state index in [4.69, 9.17) is 4.74 Å². The second-order valence-corrected chi connectivity index (χ2v) is 4.96. The van der Waals surface area contributed by atoms with E-state index in [0.717, 1.165) is 17.4 Å². The van der Waals surface area contributed by atoms with E-state index in [1.54, 1.807) is 7.11 Å². The number of hydrogen-bond donors (Lipinski definition) is 1. The third-order valence-electron chi connectivity index (χ3n) is 3.41. The fourth-order valence-corrected chi connectivity index (χ4v) is 2.48. The van der Waals surface area contributed by atoms with E-state index in [1.807, 2.05) is 0 Å². The molecule has 0 radical (unpaired) electrons. The molecule has 0 aromatic heterocycles. The van der Waals surface area contributed by atoms with Gasteiger partial charge in [0.05, 0.1) is 12.8 Å². The summed E-state index contributed by atoms with van der Waals surface area (Å²) in [7, 11) is 1.73. The van der Waals surface area contributed by atoms with E-state index in [2.05, 4.69) is 37.4 Å². The highest BCUT2D eigenvalue weighted by Crippen LogP contribution is 2.31. The van der Waals surface area contributed by atoms with Gasteiger partial charge in [0.25, 0.3) is 0 Å². The minimum atomic E-state index is 0.617. The van der Waals surface area contributed by atoms with E-state index in [9.17, 15) is 0 Å². The second kappa shape index (κ2) is 4.77. The highest BCUT2D eigenvalue weighted by Gasteiger charge is 2.21. The highest BCUT2D eigenvalue weighted by atomic mass is 16.5. The average Bonchev–Trinajstić information content (AvgIpc) is 2.67. The van der Waals surface area contributed by atoms with E-state index in [1.165, 1.54) is 24.8 Å². The predicted molar refractivity (Wildman–Crippen MR) is 68.2 cm³/mol. The SMILES string of the molecule is COc1cc(C)ccc1NC1CCC(C)C1. The van der Waals surface area contributed by atoms with Gasteiger partial charge in [-0.25, -0.2) is 0 Å². The van der Waals surface area contributed by atoms with Gasteiger partial charge in [-0.3, -0.25) is 0 Å². The zero-order chi connectivity index (χ0) is 11.5. The largest absolute Gasteiger partial charge is 0.495 e. The maximum atomic E-state index is 5.40. The Morgan fingerprint density at radius 3 is 2.75 bits per heavy atom. The Labute approximate surface area is 98.0 Å². The van der Waals surface area contributed by atoms with Crippen LogP contribution in [0, 0.1) is 12.8 Å². The Balaban J connectivity index is 2.08. The average molecular weight is 219 g/mol. The first-order chi connectivity index (χ1) is 7.69. The molecule has 2 nitrogen and oxygen atoms in total. The predicted octanol–water partition coefficient (Wildman–Crippen LogP) is 3.60. The van der Waals surface area contributed by atoms with Gasteiger partial charge in [-0.15, -0.1) is 0 Å². The summed E-state index contributed by atoms with van der Waals surface area (Å²) in [5.41, 5.74) is 2.37.